The van der Waals surface area contributed by atoms with Crippen LogP contribution in [0.5, 0.6) is 0 Å². The van der Waals surface area contributed by atoms with Crippen molar-refractivity contribution in [3.63, 3.8) is 0 Å². The van der Waals surface area contributed by atoms with Crippen molar-refractivity contribution in [1.29, 1.82) is 0 Å². The van der Waals surface area contributed by atoms with Gasteiger partial charge in [-0.05, 0) is 37.0 Å². The molecule has 1 aromatic rings. The van der Waals surface area contributed by atoms with E-state index in [1.54, 1.807) is 24.0 Å². The highest BCUT2D eigenvalue weighted by molar-refractivity contribution is 5.56. The molecule has 1 saturated heterocycles. The highest BCUT2D eigenvalue weighted by Crippen LogP contribution is 2.40. The lowest BCUT2D eigenvalue weighted by Gasteiger charge is -2.27. The Bertz CT molecular complexity index is 553. The Labute approximate surface area is 139 Å². The van der Waals surface area contributed by atoms with Gasteiger partial charge in [0.05, 0.1) is 5.92 Å². The van der Waals surface area contributed by atoms with E-state index < -0.39 is 18.0 Å². The summed E-state index contributed by atoms with van der Waals surface area (Å²) in [7, 11) is 0. The molecule has 1 nitrogen and oxygen atoms in total. The van der Waals surface area contributed by atoms with Gasteiger partial charge in [0, 0.05) is 31.6 Å². The Kier molecular flexibility index (Phi) is 5.76. The molecule has 0 spiro atoms. The topological polar surface area (TPSA) is 3.24 Å². The van der Waals surface area contributed by atoms with Crippen molar-refractivity contribution >= 4 is 5.69 Å². The van der Waals surface area contributed by atoms with Crippen molar-refractivity contribution in [3.8, 4) is 0 Å². The first-order valence-corrected chi connectivity index (χ1v) is 8.44. The molecule has 0 saturated carbocycles. The molecule has 0 bridgehead atoms. The molecule has 1 aromatic carbocycles. The van der Waals surface area contributed by atoms with Crippen LogP contribution in [0.2, 0.25) is 0 Å². The van der Waals surface area contributed by atoms with Gasteiger partial charge in [0.2, 0.25) is 5.92 Å². The predicted octanol–water partition coefficient (Wildman–Crippen LogP) is 6.07. The van der Waals surface area contributed by atoms with Crippen LogP contribution in [-0.4, -0.2) is 25.2 Å². The lowest BCUT2D eigenvalue weighted by Crippen LogP contribution is -2.27. The van der Waals surface area contributed by atoms with Gasteiger partial charge in [-0.15, -0.1) is 0 Å². The second-order valence-electron chi connectivity index (χ2n) is 6.63. The number of rotatable bonds is 4. The number of anilines is 1. The second-order valence-corrected chi connectivity index (χ2v) is 6.63. The minimum absolute atomic E-state index is 0.0318. The number of nitrogens with zero attached hydrogens (tertiary/aromatic N) is 1. The third-order valence-electron chi connectivity index (χ3n) is 4.67. The molecule has 0 aromatic heterocycles. The zero-order valence-corrected chi connectivity index (χ0v) is 14.1. The molecule has 1 aliphatic rings. The molecule has 0 amide bonds. The molecule has 2 rings (SSSR count). The molecular formula is C18H24F5N. The third-order valence-corrected chi connectivity index (χ3v) is 4.67. The molecule has 1 heterocycles. The number of aryl methyl sites for hydroxylation is 1. The summed E-state index contributed by atoms with van der Waals surface area (Å²) >= 11 is 0. The highest BCUT2D eigenvalue weighted by Gasteiger charge is 2.40. The first-order chi connectivity index (χ1) is 11.1. The predicted molar refractivity (Wildman–Crippen MR) is 85.9 cm³/mol. The van der Waals surface area contributed by atoms with Crippen molar-refractivity contribution in [3.05, 3.63) is 29.3 Å². The number of hydrogen-bond acceptors (Lipinski definition) is 1. The molecule has 0 radical (unpaired) electrons. The quantitative estimate of drug-likeness (QED) is 0.597. The van der Waals surface area contributed by atoms with Crippen LogP contribution in [0.4, 0.5) is 27.6 Å². The maximum absolute atomic E-state index is 13.5. The van der Waals surface area contributed by atoms with Gasteiger partial charge in [-0.1, -0.05) is 25.5 Å². The van der Waals surface area contributed by atoms with Crippen LogP contribution in [0.15, 0.2) is 18.2 Å². The lowest BCUT2D eigenvalue weighted by atomic mass is 9.92. The Morgan fingerprint density at radius 2 is 1.88 bits per heavy atom. The molecular weight excluding hydrogens is 325 g/mol. The van der Waals surface area contributed by atoms with Crippen molar-refractivity contribution in [2.45, 2.75) is 64.0 Å². The number of benzene rings is 1. The van der Waals surface area contributed by atoms with Gasteiger partial charge in [-0.25, -0.2) is 8.78 Å². The van der Waals surface area contributed by atoms with Crippen LogP contribution in [0.1, 0.15) is 56.1 Å². The first kappa shape index (κ1) is 19.0. The molecule has 1 unspecified atom stereocenters. The maximum Gasteiger partial charge on any atom is 0.395 e. The summed E-state index contributed by atoms with van der Waals surface area (Å²) < 4.78 is 67.0. The van der Waals surface area contributed by atoms with Crippen LogP contribution in [-0.2, 0) is 0 Å². The van der Waals surface area contributed by atoms with Crippen LogP contribution >= 0.6 is 0 Å². The minimum Gasteiger partial charge on any atom is -0.371 e. The van der Waals surface area contributed by atoms with Crippen molar-refractivity contribution in [2.75, 3.05) is 18.0 Å². The Hall–Kier alpha value is -1.33. The SMILES string of the molecule is CCCC(c1ccc(C)c(N2CCCC(F)(F)CC2)c1)C(F)(F)F. The zero-order chi connectivity index (χ0) is 18.0. The molecule has 0 aliphatic carbocycles. The monoisotopic (exact) mass is 349 g/mol. The Balaban J connectivity index is 2.31. The van der Waals surface area contributed by atoms with E-state index in [4.69, 9.17) is 0 Å². The molecule has 136 valence electrons. The molecule has 1 aliphatic heterocycles. The number of alkyl halides is 5. The van der Waals surface area contributed by atoms with Crippen molar-refractivity contribution < 1.29 is 22.0 Å². The summed E-state index contributed by atoms with van der Waals surface area (Å²) in [5.41, 5.74) is 1.69. The standard InChI is InChI=1S/C18H24F5N/c1-3-5-15(18(21,22)23)14-7-6-13(2)16(12-14)24-10-4-8-17(19,20)9-11-24/h6-7,12,15H,3-5,8-11H2,1-2H3. The summed E-state index contributed by atoms with van der Waals surface area (Å²) in [5.74, 6) is -4.19. The summed E-state index contributed by atoms with van der Waals surface area (Å²) in [6, 6.07) is 4.73. The van der Waals surface area contributed by atoms with Crippen LogP contribution in [0.3, 0.4) is 0 Å². The van der Waals surface area contributed by atoms with E-state index in [-0.39, 0.29) is 31.4 Å². The van der Waals surface area contributed by atoms with Gasteiger partial charge in [-0.3, -0.25) is 0 Å². The van der Waals surface area contributed by atoms with Crippen LogP contribution in [0, 0.1) is 6.92 Å². The summed E-state index contributed by atoms with van der Waals surface area (Å²) in [6.07, 6.45) is -3.91. The van der Waals surface area contributed by atoms with E-state index >= 15 is 0 Å². The number of halogens is 5. The highest BCUT2D eigenvalue weighted by atomic mass is 19.4. The van der Waals surface area contributed by atoms with E-state index in [0.717, 1.165) is 5.56 Å². The largest absolute Gasteiger partial charge is 0.395 e. The van der Waals surface area contributed by atoms with Gasteiger partial charge in [0.25, 0.3) is 0 Å². The average molecular weight is 349 g/mol. The first-order valence-electron chi connectivity index (χ1n) is 8.44. The molecule has 1 atom stereocenters. The summed E-state index contributed by atoms with van der Waals surface area (Å²) in [4.78, 5) is 1.80. The van der Waals surface area contributed by atoms with Crippen molar-refractivity contribution in [2.24, 2.45) is 0 Å². The van der Waals surface area contributed by atoms with Crippen LogP contribution in [0.25, 0.3) is 0 Å². The molecule has 1 fully saturated rings. The maximum atomic E-state index is 13.5. The Morgan fingerprint density at radius 1 is 1.17 bits per heavy atom. The van der Waals surface area contributed by atoms with Gasteiger partial charge >= 0.3 is 6.18 Å². The van der Waals surface area contributed by atoms with Crippen molar-refractivity contribution in [1.82, 2.24) is 0 Å². The lowest BCUT2D eigenvalue weighted by molar-refractivity contribution is -0.152. The smallest absolute Gasteiger partial charge is 0.371 e. The van der Waals surface area contributed by atoms with Crippen LogP contribution < -0.4 is 4.90 Å². The average Bonchev–Trinajstić information content (AvgIpc) is 2.65. The fourth-order valence-corrected chi connectivity index (χ4v) is 3.30. The van der Waals surface area contributed by atoms with E-state index in [0.29, 0.717) is 25.1 Å². The molecule has 6 heteroatoms. The van der Waals surface area contributed by atoms with Gasteiger partial charge in [-0.2, -0.15) is 13.2 Å². The zero-order valence-electron chi connectivity index (χ0n) is 14.1. The van der Waals surface area contributed by atoms with E-state index in [1.807, 2.05) is 6.92 Å². The third kappa shape index (κ3) is 4.61. The fourth-order valence-electron chi connectivity index (χ4n) is 3.30. The number of hydrogen-bond donors (Lipinski definition) is 0. The normalized spacial score (nSPS) is 19.9. The second kappa shape index (κ2) is 7.28. The Morgan fingerprint density at radius 3 is 2.50 bits per heavy atom. The van der Waals surface area contributed by atoms with Gasteiger partial charge in [0.1, 0.15) is 0 Å². The van der Waals surface area contributed by atoms with Gasteiger partial charge < -0.3 is 4.90 Å². The van der Waals surface area contributed by atoms with E-state index in [9.17, 15) is 22.0 Å². The summed E-state index contributed by atoms with van der Waals surface area (Å²) in [5, 5.41) is 0. The van der Waals surface area contributed by atoms with E-state index in [1.165, 1.54) is 6.07 Å². The van der Waals surface area contributed by atoms with E-state index in [2.05, 4.69) is 0 Å². The molecule has 0 N–H and O–H groups in total. The van der Waals surface area contributed by atoms with Gasteiger partial charge in [0.15, 0.2) is 0 Å². The minimum atomic E-state index is -4.30. The molecule has 24 heavy (non-hydrogen) atoms. The fraction of sp³-hybridized carbons (Fsp3) is 0.667. The summed E-state index contributed by atoms with van der Waals surface area (Å²) in [6.45, 7) is 4.15.